The van der Waals surface area contributed by atoms with E-state index in [0.717, 1.165) is 23.4 Å². The summed E-state index contributed by atoms with van der Waals surface area (Å²) in [6.07, 6.45) is 7.57. The normalized spacial score (nSPS) is 20.9. The third kappa shape index (κ3) is 3.39. The molecule has 7 heterocycles. The SMILES string of the molecule is C=CC(=O)N1CC(C(=O)N2CC3CC(C2)N3c2ccc(-c3cc(OC)c4c(C#N)cnn4c3)cn2)C1. The number of piperazine rings is 1. The van der Waals surface area contributed by atoms with Gasteiger partial charge in [0.2, 0.25) is 11.8 Å². The van der Waals surface area contributed by atoms with Gasteiger partial charge >= 0.3 is 0 Å². The number of fused-ring (bicyclic) bond motifs is 3. The Morgan fingerprint density at radius 1 is 1.14 bits per heavy atom. The van der Waals surface area contributed by atoms with Crippen molar-refractivity contribution in [2.45, 2.75) is 18.5 Å². The quantitative estimate of drug-likeness (QED) is 0.509. The van der Waals surface area contributed by atoms with Crippen LogP contribution < -0.4 is 9.64 Å². The molecule has 4 saturated heterocycles. The summed E-state index contributed by atoms with van der Waals surface area (Å²) in [6, 6.07) is 8.57. The molecule has 2 unspecified atom stereocenters. The average Bonchev–Trinajstić information content (AvgIpc) is 3.30. The van der Waals surface area contributed by atoms with Gasteiger partial charge in [-0.15, -0.1) is 0 Å². The molecule has 4 fully saturated rings. The Morgan fingerprint density at radius 2 is 1.92 bits per heavy atom. The van der Waals surface area contributed by atoms with Crippen LogP contribution in [0, 0.1) is 17.2 Å². The number of anilines is 1. The van der Waals surface area contributed by atoms with Gasteiger partial charge in [0.1, 0.15) is 28.7 Å². The van der Waals surface area contributed by atoms with Gasteiger partial charge in [0, 0.05) is 49.7 Å². The van der Waals surface area contributed by atoms with Crippen LogP contribution in [0.3, 0.4) is 0 Å². The number of carbonyl (C=O) groups excluding carboxylic acids is 2. The molecule has 4 aliphatic rings. The van der Waals surface area contributed by atoms with Gasteiger partial charge in [-0.2, -0.15) is 10.4 Å². The van der Waals surface area contributed by atoms with E-state index >= 15 is 0 Å². The van der Waals surface area contributed by atoms with Crippen molar-refractivity contribution in [2.75, 3.05) is 38.2 Å². The first-order valence-corrected chi connectivity index (χ1v) is 11.9. The van der Waals surface area contributed by atoms with E-state index in [2.05, 4.69) is 22.6 Å². The first-order valence-electron chi connectivity index (χ1n) is 11.9. The van der Waals surface area contributed by atoms with Crippen LogP contribution in [0.15, 0.2) is 49.4 Å². The number of hydrogen-bond acceptors (Lipinski definition) is 7. The predicted molar refractivity (Wildman–Crippen MR) is 131 cm³/mol. The molecule has 2 amide bonds. The number of pyridine rings is 2. The van der Waals surface area contributed by atoms with Gasteiger partial charge < -0.3 is 19.4 Å². The molecule has 2 atom stereocenters. The highest BCUT2D eigenvalue weighted by Crippen LogP contribution is 2.38. The fraction of sp³-hybridized carbons (Fsp3) is 0.346. The fourth-order valence-corrected chi connectivity index (χ4v) is 5.55. The van der Waals surface area contributed by atoms with Crippen LogP contribution in [-0.4, -0.2) is 81.6 Å². The van der Waals surface area contributed by atoms with Crippen molar-refractivity contribution in [3.05, 3.63) is 55.0 Å². The van der Waals surface area contributed by atoms with Crippen molar-refractivity contribution in [1.82, 2.24) is 24.4 Å². The van der Waals surface area contributed by atoms with Gasteiger partial charge in [0.05, 0.1) is 31.3 Å². The number of methoxy groups -OCH3 is 1. The first kappa shape index (κ1) is 22.1. The van der Waals surface area contributed by atoms with Crippen LogP contribution in [0.5, 0.6) is 5.75 Å². The molecule has 0 saturated carbocycles. The zero-order valence-corrected chi connectivity index (χ0v) is 19.9. The van der Waals surface area contributed by atoms with Crippen molar-refractivity contribution in [2.24, 2.45) is 5.92 Å². The number of aromatic nitrogens is 3. The second-order valence-electron chi connectivity index (χ2n) is 9.50. The van der Waals surface area contributed by atoms with E-state index in [-0.39, 0.29) is 29.8 Å². The molecule has 2 bridgehead atoms. The molecule has 7 rings (SSSR count). The Bertz CT molecular complexity index is 1410. The van der Waals surface area contributed by atoms with Crippen LogP contribution >= 0.6 is 0 Å². The van der Waals surface area contributed by atoms with E-state index in [0.29, 0.717) is 43.0 Å². The molecule has 0 N–H and O–H groups in total. The molecule has 4 aliphatic heterocycles. The molecule has 10 nitrogen and oxygen atoms in total. The molecule has 3 aromatic rings. The lowest BCUT2D eigenvalue weighted by atomic mass is 9.86. The van der Waals surface area contributed by atoms with E-state index in [4.69, 9.17) is 9.72 Å². The van der Waals surface area contributed by atoms with Gasteiger partial charge in [0.25, 0.3) is 0 Å². The van der Waals surface area contributed by atoms with E-state index in [9.17, 15) is 14.9 Å². The maximum Gasteiger partial charge on any atom is 0.246 e. The predicted octanol–water partition coefficient (Wildman–Crippen LogP) is 1.71. The third-order valence-electron chi connectivity index (χ3n) is 7.48. The summed E-state index contributed by atoms with van der Waals surface area (Å²) in [5.41, 5.74) is 2.90. The summed E-state index contributed by atoms with van der Waals surface area (Å²) in [7, 11) is 1.58. The number of nitriles is 1. The van der Waals surface area contributed by atoms with Crippen LogP contribution in [0.25, 0.3) is 16.6 Å². The monoisotopic (exact) mass is 483 g/mol. The minimum atomic E-state index is -0.115. The molecular formula is C26H25N7O3. The smallest absolute Gasteiger partial charge is 0.246 e. The molecule has 182 valence electrons. The lowest BCUT2D eigenvalue weighted by Crippen LogP contribution is -2.71. The van der Waals surface area contributed by atoms with E-state index < -0.39 is 0 Å². The Hall–Kier alpha value is -4.39. The number of rotatable bonds is 5. The number of piperidine rings is 1. The number of ether oxygens (including phenoxy) is 1. The molecule has 36 heavy (non-hydrogen) atoms. The van der Waals surface area contributed by atoms with Crippen molar-refractivity contribution in [3.63, 3.8) is 0 Å². The second kappa shape index (κ2) is 8.37. The van der Waals surface area contributed by atoms with Crippen LogP contribution in [0.4, 0.5) is 5.82 Å². The number of hydrogen-bond donors (Lipinski definition) is 0. The standard InChI is InChI=1S/C26H25N7O3/c1-3-24(34)30-11-19(12-30)26(35)31-14-20-7-21(15-31)33(20)23-5-4-16(9-28-23)17-6-22(36-2)25-18(8-27)10-29-32(25)13-17/h3-6,9-10,13,19-21H,1,7,11-12,14-15H2,2H3. The zero-order valence-electron chi connectivity index (χ0n) is 19.9. The summed E-state index contributed by atoms with van der Waals surface area (Å²) in [5, 5.41) is 13.6. The Morgan fingerprint density at radius 3 is 2.56 bits per heavy atom. The topological polar surface area (TPSA) is 107 Å². The van der Waals surface area contributed by atoms with Gasteiger partial charge in [-0.25, -0.2) is 9.50 Å². The Kier molecular flexibility index (Phi) is 5.14. The third-order valence-corrected chi connectivity index (χ3v) is 7.48. The molecule has 0 aromatic carbocycles. The summed E-state index contributed by atoms with van der Waals surface area (Å²) in [5.74, 6) is 1.40. The Balaban J connectivity index is 1.14. The first-order chi connectivity index (χ1) is 17.5. The summed E-state index contributed by atoms with van der Waals surface area (Å²) in [4.78, 5) is 35.2. The maximum atomic E-state index is 12.9. The van der Waals surface area contributed by atoms with Crippen molar-refractivity contribution in [1.29, 1.82) is 5.26 Å². The molecule has 0 spiro atoms. The van der Waals surface area contributed by atoms with Gasteiger partial charge in [-0.05, 0) is 30.7 Å². The molecule has 3 aromatic heterocycles. The van der Waals surface area contributed by atoms with Gasteiger partial charge in [-0.3, -0.25) is 9.59 Å². The molecular weight excluding hydrogens is 458 g/mol. The van der Waals surface area contributed by atoms with E-state index in [1.54, 1.807) is 16.5 Å². The fourth-order valence-electron chi connectivity index (χ4n) is 5.55. The molecule has 0 aliphatic carbocycles. The largest absolute Gasteiger partial charge is 0.494 e. The lowest BCUT2D eigenvalue weighted by Gasteiger charge is -2.57. The summed E-state index contributed by atoms with van der Waals surface area (Å²) >= 11 is 0. The van der Waals surface area contributed by atoms with Gasteiger partial charge in [0.15, 0.2) is 0 Å². The van der Waals surface area contributed by atoms with E-state index in [1.165, 1.54) is 12.3 Å². The Labute approximate surface area is 208 Å². The molecule has 10 heteroatoms. The minimum Gasteiger partial charge on any atom is -0.494 e. The number of carbonyl (C=O) groups is 2. The summed E-state index contributed by atoms with van der Waals surface area (Å²) in [6.45, 7) is 5.83. The van der Waals surface area contributed by atoms with Crippen LogP contribution in [-0.2, 0) is 9.59 Å². The van der Waals surface area contributed by atoms with Crippen molar-refractivity contribution >= 4 is 23.1 Å². The average molecular weight is 484 g/mol. The lowest BCUT2D eigenvalue weighted by molar-refractivity contribution is -0.148. The highest BCUT2D eigenvalue weighted by Gasteiger charge is 2.48. The highest BCUT2D eigenvalue weighted by atomic mass is 16.5. The second-order valence-corrected chi connectivity index (χ2v) is 9.50. The highest BCUT2D eigenvalue weighted by molar-refractivity contribution is 5.90. The number of nitrogens with zero attached hydrogens (tertiary/aromatic N) is 7. The number of likely N-dealkylation sites (tertiary alicyclic amines) is 1. The number of amides is 2. The minimum absolute atomic E-state index is 0.106. The maximum absolute atomic E-state index is 12.9. The van der Waals surface area contributed by atoms with Crippen LogP contribution in [0.2, 0.25) is 0 Å². The zero-order chi connectivity index (χ0) is 25.0. The van der Waals surface area contributed by atoms with Crippen molar-refractivity contribution < 1.29 is 14.3 Å². The van der Waals surface area contributed by atoms with Crippen molar-refractivity contribution in [3.8, 4) is 22.9 Å². The van der Waals surface area contributed by atoms with E-state index in [1.807, 2.05) is 35.5 Å². The van der Waals surface area contributed by atoms with Crippen LogP contribution in [0.1, 0.15) is 12.0 Å². The van der Waals surface area contributed by atoms with Gasteiger partial charge in [-0.1, -0.05) is 6.58 Å². The summed E-state index contributed by atoms with van der Waals surface area (Å²) < 4.78 is 7.17. The molecule has 0 radical (unpaired) electrons.